The second-order valence-corrected chi connectivity index (χ2v) is 5.65. The zero-order valence-electron chi connectivity index (χ0n) is 11.3. The van der Waals surface area contributed by atoms with Crippen molar-refractivity contribution >= 4 is 5.69 Å². The summed E-state index contributed by atoms with van der Waals surface area (Å²) in [6.07, 6.45) is 7.50. The van der Waals surface area contributed by atoms with Crippen molar-refractivity contribution in [3.05, 3.63) is 23.5 Å². The summed E-state index contributed by atoms with van der Waals surface area (Å²) in [6, 6.07) is 2.20. The second-order valence-electron chi connectivity index (χ2n) is 5.65. The average molecular weight is 232 g/mol. The van der Waals surface area contributed by atoms with Crippen molar-refractivity contribution in [2.75, 3.05) is 11.9 Å². The average Bonchev–Trinajstić information content (AvgIpc) is 2.32. The van der Waals surface area contributed by atoms with E-state index in [9.17, 15) is 0 Å². The number of pyridine rings is 1. The number of hydrogen-bond acceptors (Lipinski definition) is 2. The van der Waals surface area contributed by atoms with Gasteiger partial charge in [-0.05, 0) is 50.2 Å². The molecule has 0 aromatic carbocycles. The van der Waals surface area contributed by atoms with Gasteiger partial charge in [-0.15, -0.1) is 0 Å². The van der Waals surface area contributed by atoms with Gasteiger partial charge in [0.15, 0.2) is 0 Å². The third-order valence-corrected chi connectivity index (χ3v) is 3.94. The highest BCUT2D eigenvalue weighted by molar-refractivity contribution is 5.48. The lowest BCUT2D eigenvalue weighted by Crippen LogP contribution is -2.20. The molecule has 2 rings (SSSR count). The maximum Gasteiger partial charge on any atom is 0.0603 e. The van der Waals surface area contributed by atoms with E-state index in [0.29, 0.717) is 0 Å². The molecule has 0 spiro atoms. The Kier molecular flexibility index (Phi) is 4.03. The standard InChI is InChI=1S/C15H24N2/c1-11-4-6-14(7-5-11)10-17-15-8-12(2)9-16-13(15)3/h8-9,11,14,17H,4-7,10H2,1-3H3. The molecule has 0 unspecified atom stereocenters. The Morgan fingerprint density at radius 1 is 1.24 bits per heavy atom. The Labute approximate surface area is 105 Å². The van der Waals surface area contributed by atoms with Gasteiger partial charge in [0.2, 0.25) is 0 Å². The fourth-order valence-electron chi connectivity index (χ4n) is 2.60. The van der Waals surface area contributed by atoms with E-state index in [4.69, 9.17) is 0 Å². The van der Waals surface area contributed by atoms with E-state index >= 15 is 0 Å². The van der Waals surface area contributed by atoms with Crippen molar-refractivity contribution in [1.29, 1.82) is 0 Å². The number of nitrogens with one attached hydrogen (secondary N) is 1. The van der Waals surface area contributed by atoms with Crippen LogP contribution in [-0.4, -0.2) is 11.5 Å². The Morgan fingerprint density at radius 2 is 1.94 bits per heavy atom. The highest BCUT2D eigenvalue weighted by atomic mass is 14.9. The first kappa shape index (κ1) is 12.4. The third-order valence-electron chi connectivity index (χ3n) is 3.94. The fraction of sp³-hybridized carbons (Fsp3) is 0.667. The van der Waals surface area contributed by atoms with Crippen molar-refractivity contribution in [2.45, 2.75) is 46.5 Å². The van der Waals surface area contributed by atoms with E-state index in [2.05, 4.69) is 37.1 Å². The molecule has 1 aliphatic rings. The summed E-state index contributed by atoms with van der Waals surface area (Å²) in [5, 5.41) is 3.58. The molecule has 17 heavy (non-hydrogen) atoms. The van der Waals surface area contributed by atoms with Crippen LogP contribution in [0.4, 0.5) is 5.69 Å². The summed E-state index contributed by atoms with van der Waals surface area (Å²) in [5.41, 5.74) is 3.55. The SMILES string of the molecule is Cc1cnc(C)c(NCC2CCC(C)CC2)c1. The summed E-state index contributed by atoms with van der Waals surface area (Å²) in [4.78, 5) is 4.39. The lowest BCUT2D eigenvalue weighted by Gasteiger charge is -2.26. The first-order valence-electron chi connectivity index (χ1n) is 6.82. The van der Waals surface area contributed by atoms with Gasteiger partial charge >= 0.3 is 0 Å². The topological polar surface area (TPSA) is 24.9 Å². The van der Waals surface area contributed by atoms with Crippen molar-refractivity contribution in [3.8, 4) is 0 Å². The molecule has 1 aromatic rings. The summed E-state index contributed by atoms with van der Waals surface area (Å²) < 4.78 is 0. The van der Waals surface area contributed by atoms with Gasteiger partial charge in [0.25, 0.3) is 0 Å². The zero-order chi connectivity index (χ0) is 12.3. The van der Waals surface area contributed by atoms with Gasteiger partial charge in [0.1, 0.15) is 0 Å². The molecule has 0 bridgehead atoms. The van der Waals surface area contributed by atoms with Gasteiger partial charge in [-0.25, -0.2) is 0 Å². The number of rotatable bonds is 3. The predicted octanol–water partition coefficient (Wildman–Crippen LogP) is 3.94. The van der Waals surface area contributed by atoms with Gasteiger partial charge in [-0.3, -0.25) is 4.98 Å². The van der Waals surface area contributed by atoms with Crippen molar-refractivity contribution in [2.24, 2.45) is 11.8 Å². The molecule has 0 amide bonds. The molecule has 1 saturated carbocycles. The van der Waals surface area contributed by atoms with Crippen LogP contribution in [0.3, 0.4) is 0 Å². The fourth-order valence-corrected chi connectivity index (χ4v) is 2.60. The smallest absolute Gasteiger partial charge is 0.0603 e. The van der Waals surface area contributed by atoms with Crippen LogP contribution in [0.15, 0.2) is 12.3 Å². The monoisotopic (exact) mass is 232 g/mol. The minimum Gasteiger partial charge on any atom is -0.383 e. The zero-order valence-corrected chi connectivity index (χ0v) is 11.3. The van der Waals surface area contributed by atoms with E-state index in [1.54, 1.807) is 0 Å². The predicted molar refractivity (Wildman–Crippen MR) is 73.3 cm³/mol. The highest BCUT2D eigenvalue weighted by Crippen LogP contribution is 2.28. The van der Waals surface area contributed by atoms with Gasteiger partial charge < -0.3 is 5.32 Å². The quantitative estimate of drug-likeness (QED) is 0.854. The van der Waals surface area contributed by atoms with Crippen LogP contribution in [0.25, 0.3) is 0 Å². The molecule has 1 N–H and O–H groups in total. The molecule has 0 radical (unpaired) electrons. The summed E-state index contributed by atoms with van der Waals surface area (Å²) in [5.74, 6) is 1.79. The number of nitrogens with zero attached hydrogens (tertiary/aromatic N) is 1. The van der Waals surface area contributed by atoms with Crippen LogP contribution in [0.5, 0.6) is 0 Å². The lowest BCUT2D eigenvalue weighted by molar-refractivity contribution is 0.300. The number of aromatic nitrogens is 1. The largest absolute Gasteiger partial charge is 0.383 e. The summed E-state index contributed by atoms with van der Waals surface area (Å²) in [6.45, 7) is 7.65. The first-order chi connectivity index (χ1) is 8.15. The van der Waals surface area contributed by atoms with Crippen molar-refractivity contribution in [3.63, 3.8) is 0 Å². The van der Waals surface area contributed by atoms with Crippen LogP contribution in [0.1, 0.15) is 43.9 Å². The maximum atomic E-state index is 4.39. The summed E-state index contributed by atoms with van der Waals surface area (Å²) in [7, 11) is 0. The van der Waals surface area contributed by atoms with Crippen molar-refractivity contribution < 1.29 is 0 Å². The van der Waals surface area contributed by atoms with Gasteiger partial charge in [0.05, 0.1) is 11.4 Å². The molecule has 1 heterocycles. The number of anilines is 1. The van der Waals surface area contributed by atoms with E-state index < -0.39 is 0 Å². The molecular weight excluding hydrogens is 208 g/mol. The molecule has 94 valence electrons. The molecule has 0 saturated heterocycles. The molecule has 2 heteroatoms. The Hall–Kier alpha value is -1.05. The maximum absolute atomic E-state index is 4.39. The number of aryl methyl sites for hydroxylation is 2. The van der Waals surface area contributed by atoms with E-state index in [1.165, 1.54) is 36.9 Å². The van der Waals surface area contributed by atoms with Crippen LogP contribution < -0.4 is 5.32 Å². The molecule has 0 aliphatic heterocycles. The van der Waals surface area contributed by atoms with Crippen LogP contribution in [0, 0.1) is 25.7 Å². The first-order valence-corrected chi connectivity index (χ1v) is 6.82. The van der Waals surface area contributed by atoms with Gasteiger partial charge in [-0.2, -0.15) is 0 Å². The van der Waals surface area contributed by atoms with Crippen molar-refractivity contribution in [1.82, 2.24) is 4.98 Å². The second kappa shape index (κ2) is 5.52. The van der Waals surface area contributed by atoms with Crippen LogP contribution in [-0.2, 0) is 0 Å². The Bertz CT molecular complexity index is 365. The molecule has 0 atom stereocenters. The van der Waals surface area contributed by atoms with Crippen LogP contribution >= 0.6 is 0 Å². The van der Waals surface area contributed by atoms with Gasteiger partial charge in [0, 0.05) is 12.7 Å². The molecule has 1 aromatic heterocycles. The van der Waals surface area contributed by atoms with E-state index in [-0.39, 0.29) is 0 Å². The summed E-state index contributed by atoms with van der Waals surface area (Å²) >= 11 is 0. The minimum atomic E-state index is 0.853. The highest BCUT2D eigenvalue weighted by Gasteiger charge is 2.17. The lowest BCUT2D eigenvalue weighted by atomic mass is 9.83. The van der Waals surface area contributed by atoms with E-state index in [1.807, 2.05) is 6.20 Å². The molecule has 1 aliphatic carbocycles. The molecule has 2 nitrogen and oxygen atoms in total. The van der Waals surface area contributed by atoms with Crippen LogP contribution in [0.2, 0.25) is 0 Å². The molecule has 1 fully saturated rings. The number of hydrogen-bond donors (Lipinski definition) is 1. The normalized spacial score (nSPS) is 24.6. The Morgan fingerprint density at radius 3 is 2.65 bits per heavy atom. The molecular formula is C15H24N2. The third kappa shape index (κ3) is 3.45. The minimum absolute atomic E-state index is 0.853. The van der Waals surface area contributed by atoms with Gasteiger partial charge in [-0.1, -0.05) is 19.8 Å². The van der Waals surface area contributed by atoms with E-state index in [0.717, 1.165) is 24.1 Å². The Balaban J connectivity index is 1.87.